The molecule has 0 amide bonds. The third-order valence-electron chi connectivity index (χ3n) is 4.21. The van der Waals surface area contributed by atoms with E-state index in [1.807, 2.05) is 32.5 Å². The van der Waals surface area contributed by atoms with Gasteiger partial charge in [0.1, 0.15) is 16.8 Å². The van der Waals surface area contributed by atoms with Crippen molar-refractivity contribution in [2.75, 3.05) is 19.7 Å². The third-order valence-corrected chi connectivity index (χ3v) is 4.69. The Kier molecular flexibility index (Phi) is 4.70. The molecule has 8 heteroatoms. The summed E-state index contributed by atoms with van der Waals surface area (Å²) in [5, 5.41) is 9.52. The smallest absolute Gasteiger partial charge is 0.147 e. The van der Waals surface area contributed by atoms with Crippen molar-refractivity contribution in [1.82, 2.24) is 29.4 Å². The number of morpholine rings is 1. The summed E-state index contributed by atoms with van der Waals surface area (Å²) in [6, 6.07) is 0. The lowest BCUT2D eigenvalue weighted by molar-refractivity contribution is -0.0405. The lowest BCUT2D eigenvalue weighted by atomic mass is 10.2. The molecule has 3 rings (SSSR count). The first-order valence-electron chi connectivity index (χ1n) is 7.84. The predicted molar refractivity (Wildman–Crippen MR) is 87.5 cm³/mol. The molecule has 1 fully saturated rings. The Morgan fingerprint density at radius 2 is 2.04 bits per heavy atom. The molecule has 0 aliphatic carbocycles. The summed E-state index contributed by atoms with van der Waals surface area (Å²) in [4.78, 5) is 6.71. The fourth-order valence-electron chi connectivity index (χ4n) is 3.04. The second-order valence-electron chi connectivity index (χ2n) is 6.09. The second-order valence-corrected chi connectivity index (χ2v) is 6.45. The van der Waals surface area contributed by atoms with Gasteiger partial charge in [-0.15, -0.1) is 0 Å². The Morgan fingerprint density at radius 3 is 2.65 bits per heavy atom. The summed E-state index contributed by atoms with van der Waals surface area (Å²) >= 11 is 6.34. The molecule has 3 heterocycles. The van der Waals surface area contributed by atoms with Gasteiger partial charge in [0.25, 0.3) is 0 Å². The highest BCUT2D eigenvalue weighted by Gasteiger charge is 2.24. The molecular formula is C15H23ClN6O. The van der Waals surface area contributed by atoms with Gasteiger partial charge < -0.3 is 4.74 Å². The number of halogens is 1. The van der Waals surface area contributed by atoms with E-state index in [0.717, 1.165) is 49.1 Å². The molecule has 0 spiro atoms. The minimum Gasteiger partial charge on any atom is -0.374 e. The van der Waals surface area contributed by atoms with Gasteiger partial charge in [0, 0.05) is 32.2 Å². The molecule has 0 N–H and O–H groups in total. The van der Waals surface area contributed by atoms with Crippen LogP contribution in [0.5, 0.6) is 0 Å². The fourth-order valence-corrected chi connectivity index (χ4v) is 3.27. The highest BCUT2D eigenvalue weighted by Crippen LogP contribution is 2.21. The molecule has 1 saturated heterocycles. The van der Waals surface area contributed by atoms with Gasteiger partial charge in [-0.2, -0.15) is 10.2 Å². The predicted octanol–water partition coefficient (Wildman–Crippen LogP) is 1.49. The van der Waals surface area contributed by atoms with Crippen molar-refractivity contribution >= 4 is 11.6 Å². The van der Waals surface area contributed by atoms with Crippen LogP contribution < -0.4 is 0 Å². The van der Waals surface area contributed by atoms with E-state index in [1.165, 1.54) is 0 Å². The zero-order valence-electron chi connectivity index (χ0n) is 14.1. The molecule has 0 unspecified atom stereocenters. The summed E-state index contributed by atoms with van der Waals surface area (Å²) in [6.07, 6.45) is 0.110. The van der Waals surface area contributed by atoms with Crippen molar-refractivity contribution in [2.24, 2.45) is 7.05 Å². The normalized spacial score (nSPS) is 19.4. The van der Waals surface area contributed by atoms with E-state index < -0.39 is 0 Å². The zero-order chi connectivity index (χ0) is 16.6. The van der Waals surface area contributed by atoms with Crippen LogP contribution in [-0.4, -0.2) is 55.2 Å². The number of nitrogens with zero attached hydrogens (tertiary/aromatic N) is 6. The lowest BCUT2D eigenvalue weighted by Crippen LogP contribution is -2.44. The van der Waals surface area contributed by atoms with E-state index in [2.05, 4.69) is 20.1 Å². The summed E-state index contributed by atoms with van der Waals surface area (Å²) in [7, 11) is 1.87. The van der Waals surface area contributed by atoms with Crippen LogP contribution in [0.25, 0.3) is 0 Å². The Morgan fingerprint density at radius 1 is 1.26 bits per heavy atom. The molecule has 1 aliphatic heterocycles. The monoisotopic (exact) mass is 338 g/mol. The molecule has 0 aromatic carbocycles. The van der Waals surface area contributed by atoms with Gasteiger partial charge in [-0.3, -0.25) is 9.58 Å². The van der Waals surface area contributed by atoms with E-state index in [-0.39, 0.29) is 6.10 Å². The van der Waals surface area contributed by atoms with E-state index in [4.69, 9.17) is 16.3 Å². The first kappa shape index (κ1) is 16.4. The zero-order valence-corrected chi connectivity index (χ0v) is 14.8. The maximum atomic E-state index is 6.34. The largest absolute Gasteiger partial charge is 0.374 e. The van der Waals surface area contributed by atoms with E-state index in [9.17, 15) is 0 Å². The molecule has 2 aromatic heterocycles. The van der Waals surface area contributed by atoms with Crippen molar-refractivity contribution in [1.29, 1.82) is 0 Å². The summed E-state index contributed by atoms with van der Waals surface area (Å²) in [6.45, 7) is 9.87. The van der Waals surface area contributed by atoms with Gasteiger partial charge in [0.2, 0.25) is 0 Å². The topological polar surface area (TPSA) is 61.0 Å². The molecule has 2 aromatic rings. The van der Waals surface area contributed by atoms with Crippen LogP contribution in [0, 0.1) is 20.8 Å². The highest BCUT2D eigenvalue weighted by molar-refractivity contribution is 6.30. The minimum absolute atomic E-state index is 0.110. The molecule has 1 atom stereocenters. The molecule has 23 heavy (non-hydrogen) atoms. The van der Waals surface area contributed by atoms with Crippen molar-refractivity contribution < 1.29 is 4.74 Å². The van der Waals surface area contributed by atoms with E-state index in [0.29, 0.717) is 11.8 Å². The van der Waals surface area contributed by atoms with Crippen molar-refractivity contribution in [3.05, 3.63) is 28.1 Å². The summed E-state index contributed by atoms with van der Waals surface area (Å²) in [5.41, 5.74) is 2.09. The van der Waals surface area contributed by atoms with Crippen molar-refractivity contribution in [2.45, 2.75) is 40.0 Å². The highest BCUT2D eigenvalue weighted by atomic mass is 35.5. The van der Waals surface area contributed by atoms with Gasteiger partial charge in [-0.25, -0.2) is 9.67 Å². The number of ether oxygens (including phenoxy) is 1. The number of aryl methyl sites for hydroxylation is 4. The molecule has 1 aliphatic rings. The molecule has 0 saturated carbocycles. The van der Waals surface area contributed by atoms with Crippen LogP contribution in [-0.2, 0) is 24.9 Å². The van der Waals surface area contributed by atoms with Gasteiger partial charge in [0.15, 0.2) is 0 Å². The number of hydrogen-bond acceptors (Lipinski definition) is 5. The molecule has 126 valence electrons. The second kappa shape index (κ2) is 6.59. The lowest BCUT2D eigenvalue weighted by Gasteiger charge is -2.32. The Bertz CT molecular complexity index is 694. The van der Waals surface area contributed by atoms with Crippen molar-refractivity contribution in [3.63, 3.8) is 0 Å². The van der Waals surface area contributed by atoms with Gasteiger partial charge in [-0.05, 0) is 20.8 Å². The van der Waals surface area contributed by atoms with Crippen LogP contribution in [0.3, 0.4) is 0 Å². The molecule has 0 radical (unpaired) electrons. The Hall–Kier alpha value is -1.44. The molecule has 7 nitrogen and oxygen atoms in total. The van der Waals surface area contributed by atoms with E-state index >= 15 is 0 Å². The SMILES string of the molecule is Cc1nc(C)n(C[C@H]2CN(Cc3c(C)nn(C)c3Cl)CCO2)n1. The van der Waals surface area contributed by atoms with Gasteiger partial charge in [-0.1, -0.05) is 11.6 Å². The Balaban J connectivity index is 1.65. The average molecular weight is 339 g/mol. The maximum Gasteiger partial charge on any atom is 0.147 e. The number of rotatable bonds is 4. The maximum absolute atomic E-state index is 6.34. The first-order valence-corrected chi connectivity index (χ1v) is 8.22. The summed E-state index contributed by atoms with van der Waals surface area (Å²) < 4.78 is 9.55. The average Bonchev–Trinajstić information content (AvgIpc) is 2.93. The number of hydrogen-bond donors (Lipinski definition) is 0. The standard InChI is InChI=1S/C15H23ClN6O/c1-10-14(15(16)20(4)18-10)9-21-5-6-23-13(7-21)8-22-12(3)17-11(2)19-22/h13H,5-9H2,1-4H3/t13-/m1/s1. The summed E-state index contributed by atoms with van der Waals surface area (Å²) in [5.74, 6) is 1.72. The first-order chi connectivity index (χ1) is 10.9. The van der Waals surface area contributed by atoms with Crippen LogP contribution in [0.1, 0.15) is 22.9 Å². The van der Waals surface area contributed by atoms with E-state index in [1.54, 1.807) is 4.68 Å². The fraction of sp³-hybridized carbons (Fsp3) is 0.667. The van der Waals surface area contributed by atoms with Crippen LogP contribution in [0.2, 0.25) is 5.15 Å². The van der Waals surface area contributed by atoms with Crippen LogP contribution in [0.15, 0.2) is 0 Å². The van der Waals surface area contributed by atoms with Crippen molar-refractivity contribution in [3.8, 4) is 0 Å². The van der Waals surface area contributed by atoms with Crippen LogP contribution in [0.4, 0.5) is 0 Å². The Labute approximate surface area is 141 Å². The van der Waals surface area contributed by atoms with Gasteiger partial charge >= 0.3 is 0 Å². The number of aromatic nitrogens is 5. The quantitative estimate of drug-likeness (QED) is 0.845. The minimum atomic E-state index is 0.110. The molecule has 0 bridgehead atoms. The third kappa shape index (κ3) is 3.57. The molecular weight excluding hydrogens is 316 g/mol. The van der Waals surface area contributed by atoms with Gasteiger partial charge in [0.05, 0.1) is 24.9 Å². The van der Waals surface area contributed by atoms with Crippen LogP contribution >= 0.6 is 11.6 Å².